The van der Waals surface area contributed by atoms with E-state index < -0.39 is 17.9 Å². The first-order valence-electron chi connectivity index (χ1n) is 7.90. The number of carboxylic acid groups (broad SMARTS) is 1. The van der Waals surface area contributed by atoms with Crippen LogP contribution in [0, 0.1) is 5.92 Å². The Hall–Kier alpha value is -2.63. The van der Waals surface area contributed by atoms with Crippen LogP contribution >= 0.6 is 0 Å². The Morgan fingerprint density at radius 3 is 2.50 bits per heavy atom. The first kappa shape index (κ1) is 17.7. The van der Waals surface area contributed by atoms with Gasteiger partial charge in [0.25, 0.3) is 5.91 Å². The number of aliphatic carboxylic acids is 1. The summed E-state index contributed by atoms with van der Waals surface area (Å²) in [4.78, 5) is 30.4. The van der Waals surface area contributed by atoms with Gasteiger partial charge in [0.1, 0.15) is 11.9 Å². The molecule has 1 aromatic carbocycles. The zero-order chi connectivity index (χ0) is 17.9. The van der Waals surface area contributed by atoms with E-state index in [9.17, 15) is 14.7 Å². The average molecular weight is 329 g/mol. The van der Waals surface area contributed by atoms with Crippen molar-refractivity contribution in [2.75, 3.05) is 19.0 Å². The fraction of sp³-hybridized carbons (Fsp3) is 0.389. The monoisotopic (exact) mass is 329 g/mol. The maximum Gasteiger partial charge on any atom is 0.326 e. The van der Waals surface area contributed by atoms with E-state index in [2.05, 4.69) is 10.3 Å². The summed E-state index contributed by atoms with van der Waals surface area (Å²) in [5.74, 6) is -0.611. The number of hydrogen-bond acceptors (Lipinski definition) is 4. The summed E-state index contributed by atoms with van der Waals surface area (Å²) in [5, 5.41) is 12.7. The van der Waals surface area contributed by atoms with Gasteiger partial charge in [-0.25, -0.2) is 9.78 Å². The van der Waals surface area contributed by atoms with Crippen molar-refractivity contribution < 1.29 is 14.7 Å². The lowest BCUT2D eigenvalue weighted by molar-refractivity contribution is -0.139. The molecule has 128 valence electrons. The second kappa shape index (κ2) is 7.29. The van der Waals surface area contributed by atoms with Crippen molar-refractivity contribution in [2.45, 2.75) is 26.3 Å². The number of carbonyl (C=O) groups is 2. The molecule has 24 heavy (non-hydrogen) atoms. The van der Waals surface area contributed by atoms with Gasteiger partial charge in [0, 0.05) is 19.5 Å². The quantitative estimate of drug-likeness (QED) is 0.851. The smallest absolute Gasteiger partial charge is 0.326 e. The van der Waals surface area contributed by atoms with Gasteiger partial charge in [0.05, 0.1) is 11.1 Å². The number of para-hydroxylation sites is 1. The first-order chi connectivity index (χ1) is 11.3. The van der Waals surface area contributed by atoms with Crippen molar-refractivity contribution >= 4 is 28.6 Å². The summed E-state index contributed by atoms with van der Waals surface area (Å²) in [5.41, 5.74) is 1.13. The van der Waals surface area contributed by atoms with E-state index >= 15 is 0 Å². The number of nitrogens with zero attached hydrogens (tertiary/aromatic N) is 2. The van der Waals surface area contributed by atoms with Gasteiger partial charge in [0.2, 0.25) is 0 Å². The molecule has 0 bridgehead atoms. The molecule has 0 aliphatic heterocycles. The SMILES string of the molecule is CC(C)C[C@H](NC(=O)c1cc(N(C)C)nc2ccccc12)C(=O)O. The molecule has 1 aromatic heterocycles. The summed E-state index contributed by atoms with van der Waals surface area (Å²) in [6.07, 6.45) is 0.380. The van der Waals surface area contributed by atoms with Crippen LogP contribution in [-0.4, -0.2) is 42.1 Å². The number of aromatic nitrogens is 1. The van der Waals surface area contributed by atoms with E-state index in [1.807, 2.05) is 57.1 Å². The van der Waals surface area contributed by atoms with E-state index in [1.165, 1.54) is 0 Å². The molecule has 6 heteroatoms. The number of fused-ring (bicyclic) bond motifs is 1. The predicted molar refractivity (Wildman–Crippen MR) is 94.4 cm³/mol. The van der Waals surface area contributed by atoms with E-state index in [-0.39, 0.29) is 5.92 Å². The molecule has 0 aliphatic rings. The number of anilines is 1. The van der Waals surface area contributed by atoms with Crippen molar-refractivity contribution in [3.05, 3.63) is 35.9 Å². The number of rotatable bonds is 6. The molecule has 0 spiro atoms. The van der Waals surface area contributed by atoms with Gasteiger partial charge in [-0.15, -0.1) is 0 Å². The second-order valence-corrected chi connectivity index (χ2v) is 6.43. The summed E-state index contributed by atoms with van der Waals surface area (Å²) < 4.78 is 0. The molecular formula is C18H23N3O3. The van der Waals surface area contributed by atoms with Crippen LogP contribution in [-0.2, 0) is 4.79 Å². The Morgan fingerprint density at radius 1 is 1.25 bits per heavy atom. The maximum atomic E-state index is 12.7. The normalized spacial score (nSPS) is 12.2. The van der Waals surface area contributed by atoms with Gasteiger partial charge in [-0.3, -0.25) is 4.79 Å². The molecule has 1 atom stereocenters. The highest BCUT2D eigenvalue weighted by atomic mass is 16.4. The summed E-state index contributed by atoms with van der Waals surface area (Å²) >= 11 is 0. The van der Waals surface area contributed by atoms with Crippen molar-refractivity contribution in [3.63, 3.8) is 0 Å². The molecule has 2 aromatic rings. The van der Waals surface area contributed by atoms with Crippen LogP contribution in [0.5, 0.6) is 0 Å². The van der Waals surface area contributed by atoms with E-state index in [0.29, 0.717) is 28.7 Å². The van der Waals surface area contributed by atoms with E-state index in [1.54, 1.807) is 6.07 Å². The molecule has 2 N–H and O–H groups in total. The van der Waals surface area contributed by atoms with Crippen LogP contribution < -0.4 is 10.2 Å². The highest BCUT2D eigenvalue weighted by Gasteiger charge is 2.23. The van der Waals surface area contributed by atoms with Gasteiger partial charge in [-0.1, -0.05) is 32.0 Å². The van der Waals surface area contributed by atoms with Gasteiger partial charge in [-0.05, 0) is 24.5 Å². The summed E-state index contributed by atoms with van der Waals surface area (Å²) in [6.45, 7) is 3.85. The molecular weight excluding hydrogens is 306 g/mol. The van der Waals surface area contributed by atoms with Gasteiger partial charge >= 0.3 is 5.97 Å². The first-order valence-corrected chi connectivity index (χ1v) is 7.90. The number of benzene rings is 1. The van der Waals surface area contributed by atoms with Gasteiger partial charge in [0.15, 0.2) is 0 Å². The van der Waals surface area contributed by atoms with Crippen molar-refractivity contribution in [1.82, 2.24) is 10.3 Å². The molecule has 0 aliphatic carbocycles. The minimum absolute atomic E-state index is 0.165. The molecule has 1 heterocycles. The van der Waals surface area contributed by atoms with E-state index in [4.69, 9.17) is 0 Å². The fourth-order valence-corrected chi connectivity index (χ4v) is 2.51. The van der Waals surface area contributed by atoms with Gasteiger partial charge < -0.3 is 15.3 Å². The minimum atomic E-state index is -1.02. The number of pyridine rings is 1. The molecule has 2 rings (SSSR count). The minimum Gasteiger partial charge on any atom is -0.480 e. The third-order valence-corrected chi connectivity index (χ3v) is 3.72. The standard InChI is InChI=1S/C18H23N3O3/c1-11(2)9-15(18(23)24)20-17(22)13-10-16(21(3)4)19-14-8-6-5-7-12(13)14/h5-8,10-11,15H,9H2,1-4H3,(H,20,22)(H,23,24)/t15-/m0/s1. The second-order valence-electron chi connectivity index (χ2n) is 6.43. The Bertz CT molecular complexity index is 756. The largest absolute Gasteiger partial charge is 0.480 e. The Kier molecular flexibility index (Phi) is 5.39. The van der Waals surface area contributed by atoms with Crippen LogP contribution in [0.15, 0.2) is 30.3 Å². The topological polar surface area (TPSA) is 82.5 Å². The maximum absolute atomic E-state index is 12.7. The lowest BCUT2D eigenvalue weighted by Crippen LogP contribution is -2.41. The van der Waals surface area contributed by atoms with Crippen LogP contribution in [0.25, 0.3) is 10.9 Å². The highest BCUT2D eigenvalue weighted by molar-refractivity contribution is 6.07. The number of hydrogen-bond donors (Lipinski definition) is 2. The van der Waals surface area contributed by atoms with Crippen molar-refractivity contribution in [3.8, 4) is 0 Å². The van der Waals surface area contributed by atoms with Crippen LogP contribution in [0.3, 0.4) is 0 Å². The average Bonchev–Trinajstić information content (AvgIpc) is 2.52. The molecule has 0 radical (unpaired) electrons. The molecule has 0 saturated heterocycles. The Morgan fingerprint density at radius 2 is 1.92 bits per heavy atom. The van der Waals surface area contributed by atoms with Crippen LogP contribution in [0.4, 0.5) is 5.82 Å². The lowest BCUT2D eigenvalue weighted by Gasteiger charge is -2.18. The number of carboxylic acids is 1. The molecule has 1 amide bonds. The van der Waals surface area contributed by atoms with Crippen molar-refractivity contribution in [2.24, 2.45) is 5.92 Å². The fourth-order valence-electron chi connectivity index (χ4n) is 2.51. The number of nitrogens with one attached hydrogen (secondary N) is 1. The summed E-state index contributed by atoms with van der Waals surface area (Å²) in [6, 6.07) is 8.11. The predicted octanol–water partition coefficient (Wildman–Crippen LogP) is 2.53. The lowest BCUT2D eigenvalue weighted by atomic mass is 10.0. The molecule has 0 unspecified atom stereocenters. The van der Waals surface area contributed by atoms with E-state index in [0.717, 1.165) is 0 Å². The highest BCUT2D eigenvalue weighted by Crippen LogP contribution is 2.22. The van der Waals surface area contributed by atoms with Gasteiger partial charge in [-0.2, -0.15) is 0 Å². The third kappa shape index (κ3) is 4.01. The molecule has 0 saturated carbocycles. The Labute approximate surface area is 141 Å². The number of amides is 1. The zero-order valence-electron chi connectivity index (χ0n) is 14.4. The zero-order valence-corrected chi connectivity index (χ0v) is 14.4. The van der Waals surface area contributed by atoms with Crippen molar-refractivity contribution in [1.29, 1.82) is 0 Å². The van der Waals surface area contributed by atoms with Crippen LogP contribution in [0.1, 0.15) is 30.6 Å². The molecule has 6 nitrogen and oxygen atoms in total. The number of carbonyl (C=O) groups excluding carboxylic acids is 1. The Balaban J connectivity index is 2.42. The summed E-state index contributed by atoms with van der Waals surface area (Å²) in [7, 11) is 3.69. The molecule has 0 fully saturated rings. The third-order valence-electron chi connectivity index (χ3n) is 3.72. The van der Waals surface area contributed by atoms with Crippen LogP contribution in [0.2, 0.25) is 0 Å².